The van der Waals surface area contributed by atoms with Crippen LogP contribution in [0.4, 0.5) is 5.69 Å². The predicted molar refractivity (Wildman–Crippen MR) is 122 cm³/mol. The fraction of sp³-hybridized carbons (Fsp3) is 0.435. The van der Waals surface area contributed by atoms with Gasteiger partial charge < -0.3 is 5.32 Å². The monoisotopic (exact) mass is 459 g/mol. The Balaban J connectivity index is 1.66. The van der Waals surface area contributed by atoms with E-state index in [0.717, 1.165) is 23.6 Å². The smallest absolute Gasteiger partial charge is 0.270 e. The van der Waals surface area contributed by atoms with Gasteiger partial charge in [0, 0.05) is 31.1 Å². The van der Waals surface area contributed by atoms with E-state index in [1.165, 1.54) is 16.4 Å². The number of carbonyl (C=O) groups is 1. The Labute approximate surface area is 188 Å². The van der Waals surface area contributed by atoms with Crippen molar-refractivity contribution in [2.75, 3.05) is 13.1 Å². The molecule has 1 fully saturated rings. The second kappa shape index (κ2) is 9.79. The van der Waals surface area contributed by atoms with Crippen molar-refractivity contribution in [2.45, 2.75) is 51.0 Å². The van der Waals surface area contributed by atoms with Gasteiger partial charge in [-0.25, -0.2) is 8.42 Å². The number of benzene rings is 2. The molecule has 1 aliphatic rings. The van der Waals surface area contributed by atoms with Gasteiger partial charge in [-0.3, -0.25) is 14.9 Å². The highest BCUT2D eigenvalue weighted by molar-refractivity contribution is 7.89. The van der Waals surface area contributed by atoms with E-state index in [1.54, 1.807) is 6.92 Å². The fourth-order valence-corrected chi connectivity index (χ4v) is 5.70. The quantitative estimate of drug-likeness (QED) is 0.499. The molecule has 0 saturated carbocycles. The molecule has 2 aromatic rings. The molecule has 0 aliphatic carbocycles. The Kier molecular flexibility index (Phi) is 7.30. The van der Waals surface area contributed by atoms with Gasteiger partial charge in [0.15, 0.2) is 0 Å². The molecule has 1 amide bonds. The minimum atomic E-state index is -3.88. The summed E-state index contributed by atoms with van der Waals surface area (Å²) in [6, 6.07) is 11.8. The van der Waals surface area contributed by atoms with Gasteiger partial charge in [0.05, 0.1) is 15.9 Å². The molecule has 9 heteroatoms. The van der Waals surface area contributed by atoms with Crippen molar-refractivity contribution >= 4 is 21.6 Å². The first-order valence-corrected chi connectivity index (χ1v) is 12.2. The molecule has 1 N–H and O–H groups in total. The van der Waals surface area contributed by atoms with Gasteiger partial charge in [-0.2, -0.15) is 4.31 Å². The van der Waals surface area contributed by atoms with Crippen molar-refractivity contribution in [2.24, 2.45) is 5.92 Å². The Hall–Kier alpha value is -2.78. The van der Waals surface area contributed by atoms with Crippen molar-refractivity contribution in [3.8, 4) is 0 Å². The maximum absolute atomic E-state index is 13.1. The summed E-state index contributed by atoms with van der Waals surface area (Å²) >= 11 is 0. The Morgan fingerprint density at radius 1 is 1.16 bits per heavy atom. The summed E-state index contributed by atoms with van der Waals surface area (Å²) in [7, 11) is -3.88. The van der Waals surface area contributed by atoms with Crippen LogP contribution in [0.2, 0.25) is 0 Å². The summed E-state index contributed by atoms with van der Waals surface area (Å²) in [6.45, 7) is 6.04. The van der Waals surface area contributed by atoms with Crippen LogP contribution in [0.3, 0.4) is 0 Å². The molecule has 1 heterocycles. The number of piperidine rings is 1. The average molecular weight is 460 g/mol. The van der Waals surface area contributed by atoms with E-state index in [9.17, 15) is 23.3 Å². The number of amides is 1. The van der Waals surface area contributed by atoms with E-state index in [4.69, 9.17) is 0 Å². The van der Waals surface area contributed by atoms with Gasteiger partial charge in [0.2, 0.25) is 15.9 Å². The van der Waals surface area contributed by atoms with Crippen LogP contribution in [0.15, 0.2) is 47.4 Å². The predicted octanol–water partition coefficient (Wildman–Crippen LogP) is 3.88. The van der Waals surface area contributed by atoms with Crippen LogP contribution in [0.1, 0.15) is 48.9 Å². The van der Waals surface area contributed by atoms with E-state index >= 15 is 0 Å². The average Bonchev–Trinajstić information content (AvgIpc) is 2.78. The first-order valence-electron chi connectivity index (χ1n) is 10.8. The summed E-state index contributed by atoms with van der Waals surface area (Å²) in [6.07, 6.45) is 1.57. The Morgan fingerprint density at radius 2 is 1.78 bits per heavy atom. The molecular weight excluding hydrogens is 430 g/mol. The molecule has 172 valence electrons. The third-order valence-electron chi connectivity index (χ3n) is 6.03. The van der Waals surface area contributed by atoms with Crippen molar-refractivity contribution < 1.29 is 18.1 Å². The lowest BCUT2D eigenvalue weighted by Gasteiger charge is -2.31. The third kappa shape index (κ3) is 5.16. The minimum absolute atomic E-state index is 0.0555. The summed E-state index contributed by atoms with van der Waals surface area (Å²) in [5.41, 5.74) is 2.40. The van der Waals surface area contributed by atoms with Crippen LogP contribution < -0.4 is 5.32 Å². The van der Waals surface area contributed by atoms with E-state index in [0.29, 0.717) is 18.4 Å². The van der Waals surface area contributed by atoms with Crippen LogP contribution in [-0.4, -0.2) is 36.6 Å². The van der Waals surface area contributed by atoms with Gasteiger partial charge in [0.1, 0.15) is 0 Å². The lowest BCUT2D eigenvalue weighted by Crippen LogP contribution is -2.43. The molecule has 1 atom stereocenters. The van der Waals surface area contributed by atoms with Crippen molar-refractivity contribution in [3.63, 3.8) is 0 Å². The summed E-state index contributed by atoms with van der Waals surface area (Å²) in [4.78, 5) is 23.3. The van der Waals surface area contributed by atoms with Gasteiger partial charge in [-0.15, -0.1) is 0 Å². The number of nitrogens with zero attached hydrogens (tertiary/aromatic N) is 2. The van der Waals surface area contributed by atoms with E-state index in [-0.39, 0.29) is 41.5 Å². The maximum atomic E-state index is 13.1. The molecule has 2 aromatic carbocycles. The first kappa shape index (κ1) is 23.9. The van der Waals surface area contributed by atoms with Crippen LogP contribution in [0.25, 0.3) is 0 Å². The highest BCUT2D eigenvalue weighted by Crippen LogP contribution is 2.29. The molecule has 0 spiro atoms. The Morgan fingerprint density at radius 3 is 2.34 bits per heavy atom. The van der Waals surface area contributed by atoms with Crippen LogP contribution in [-0.2, 0) is 14.8 Å². The number of hydrogen-bond donors (Lipinski definition) is 1. The molecular formula is C23H29N3O5S. The largest absolute Gasteiger partial charge is 0.349 e. The SMILES string of the molecule is CCC(NC(=O)C1CCN(S(=O)(=O)c2cc([N+](=O)[O-])ccc2C)CC1)c1ccc(C)cc1. The van der Waals surface area contributed by atoms with Gasteiger partial charge in [-0.05, 0) is 44.2 Å². The summed E-state index contributed by atoms with van der Waals surface area (Å²) in [5, 5.41) is 14.2. The molecule has 0 aromatic heterocycles. The fourth-order valence-electron chi connectivity index (χ4n) is 3.99. The summed E-state index contributed by atoms with van der Waals surface area (Å²) < 4.78 is 27.5. The van der Waals surface area contributed by atoms with Crippen LogP contribution in [0, 0.1) is 29.9 Å². The van der Waals surface area contributed by atoms with E-state index in [2.05, 4.69) is 5.32 Å². The number of hydrogen-bond acceptors (Lipinski definition) is 5. The zero-order valence-electron chi connectivity index (χ0n) is 18.6. The number of aryl methyl sites for hydroxylation is 2. The van der Waals surface area contributed by atoms with E-state index in [1.807, 2.05) is 38.1 Å². The highest BCUT2D eigenvalue weighted by Gasteiger charge is 2.34. The molecule has 8 nitrogen and oxygen atoms in total. The molecule has 1 aliphatic heterocycles. The first-order chi connectivity index (χ1) is 15.1. The number of nitro groups is 1. The number of rotatable bonds is 7. The molecule has 0 bridgehead atoms. The number of nitro benzene ring substituents is 1. The van der Waals surface area contributed by atoms with Gasteiger partial charge in [0.25, 0.3) is 5.69 Å². The molecule has 0 radical (unpaired) electrons. The normalized spacial score (nSPS) is 16.5. The standard InChI is InChI=1S/C23H29N3O5S/c1-4-21(18-8-5-16(2)6-9-18)24-23(27)19-11-13-25(14-12-19)32(30,31)22-15-20(26(28)29)10-7-17(22)3/h5-10,15,19,21H,4,11-14H2,1-3H3,(H,24,27). The zero-order valence-corrected chi connectivity index (χ0v) is 19.4. The zero-order chi connectivity index (χ0) is 23.5. The minimum Gasteiger partial charge on any atom is -0.349 e. The second-order valence-electron chi connectivity index (χ2n) is 8.27. The van der Waals surface area contributed by atoms with Gasteiger partial charge in [-0.1, -0.05) is 42.8 Å². The lowest BCUT2D eigenvalue weighted by molar-refractivity contribution is -0.385. The van der Waals surface area contributed by atoms with Crippen LogP contribution >= 0.6 is 0 Å². The van der Waals surface area contributed by atoms with E-state index < -0.39 is 14.9 Å². The maximum Gasteiger partial charge on any atom is 0.270 e. The summed E-state index contributed by atoms with van der Waals surface area (Å²) in [5.74, 6) is -0.340. The van der Waals surface area contributed by atoms with Crippen molar-refractivity contribution in [1.29, 1.82) is 0 Å². The number of non-ortho nitro benzene ring substituents is 1. The lowest BCUT2D eigenvalue weighted by atomic mass is 9.95. The number of sulfonamides is 1. The molecule has 32 heavy (non-hydrogen) atoms. The van der Waals surface area contributed by atoms with Crippen LogP contribution in [0.5, 0.6) is 0 Å². The Bertz CT molecular complexity index is 1090. The molecule has 1 saturated heterocycles. The van der Waals surface area contributed by atoms with Crippen molar-refractivity contribution in [1.82, 2.24) is 9.62 Å². The second-order valence-corrected chi connectivity index (χ2v) is 10.2. The third-order valence-corrected chi connectivity index (χ3v) is 8.07. The van der Waals surface area contributed by atoms with Gasteiger partial charge >= 0.3 is 0 Å². The number of nitrogens with one attached hydrogen (secondary N) is 1. The molecule has 1 unspecified atom stereocenters. The highest BCUT2D eigenvalue weighted by atomic mass is 32.2. The van der Waals surface area contributed by atoms with Crippen molar-refractivity contribution in [3.05, 3.63) is 69.3 Å². The number of carbonyl (C=O) groups excluding carboxylic acids is 1. The topological polar surface area (TPSA) is 110 Å². The molecule has 3 rings (SSSR count).